The molecule has 1 amide bonds. The second kappa shape index (κ2) is 8.67. The standard InChI is InChI=1S/C21H31NO4/c1-4-20(3)15-21(12-14-26-20,17-7-5-16(2)6-8-17)11-13-22-18(23)9-10-19(24)25/h5-8H,4,9-15H2,1-3H3,(H,22,23)(H,24,25)/t20-,21+/m1/s1. The van der Waals surface area contributed by atoms with Gasteiger partial charge in [-0.05, 0) is 45.1 Å². The van der Waals surface area contributed by atoms with Crippen LogP contribution >= 0.6 is 0 Å². The lowest BCUT2D eigenvalue weighted by Crippen LogP contribution is -2.47. The number of rotatable bonds is 8. The van der Waals surface area contributed by atoms with Gasteiger partial charge >= 0.3 is 5.97 Å². The Hall–Kier alpha value is -1.88. The Morgan fingerprint density at radius 2 is 1.92 bits per heavy atom. The smallest absolute Gasteiger partial charge is 0.303 e. The zero-order valence-corrected chi connectivity index (χ0v) is 16.1. The second-order valence-electron chi connectivity index (χ2n) is 7.72. The number of amides is 1. The van der Waals surface area contributed by atoms with E-state index in [-0.39, 0.29) is 29.8 Å². The topological polar surface area (TPSA) is 75.6 Å². The van der Waals surface area contributed by atoms with Gasteiger partial charge in [0.25, 0.3) is 0 Å². The lowest BCUT2D eigenvalue weighted by atomic mass is 9.66. The number of aliphatic carboxylic acids is 1. The predicted octanol–water partition coefficient (Wildman–Crippen LogP) is 3.58. The second-order valence-corrected chi connectivity index (χ2v) is 7.72. The Morgan fingerprint density at radius 1 is 1.23 bits per heavy atom. The van der Waals surface area contributed by atoms with Crippen molar-refractivity contribution in [2.75, 3.05) is 13.2 Å². The largest absolute Gasteiger partial charge is 0.481 e. The van der Waals surface area contributed by atoms with Gasteiger partial charge in [-0.15, -0.1) is 0 Å². The van der Waals surface area contributed by atoms with Crippen molar-refractivity contribution >= 4 is 11.9 Å². The van der Waals surface area contributed by atoms with Crippen LogP contribution in [0.5, 0.6) is 0 Å². The molecule has 0 saturated carbocycles. The van der Waals surface area contributed by atoms with Crippen molar-refractivity contribution in [3.63, 3.8) is 0 Å². The normalized spacial score (nSPS) is 25.7. The van der Waals surface area contributed by atoms with Crippen LogP contribution in [0.25, 0.3) is 0 Å². The zero-order chi connectivity index (χ0) is 19.2. The van der Waals surface area contributed by atoms with Crippen LogP contribution in [0.1, 0.15) is 63.5 Å². The molecule has 1 heterocycles. The SMILES string of the molecule is CC[C@]1(C)C[C@@](CCNC(=O)CCC(=O)O)(c2ccc(C)cc2)CCO1. The highest BCUT2D eigenvalue weighted by Gasteiger charge is 2.43. The monoisotopic (exact) mass is 361 g/mol. The first-order valence-electron chi connectivity index (χ1n) is 9.48. The van der Waals surface area contributed by atoms with Crippen molar-refractivity contribution in [2.24, 2.45) is 0 Å². The van der Waals surface area contributed by atoms with Gasteiger partial charge in [-0.2, -0.15) is 0 Å². The van der Waals surface area contributed by atoms with E-state index in [0.29, 0.717) is 13.2 Å². The predicted molar refractivity (Wildman–Crippen MR) is 101 cm³/mol. The van der Waals surface area contributed by atoms with Gasteiger partial charge in [0.05, 0.1) is 12.0 Å². The molecule has 1 aliphatic heterocycles. The van der Waals surface area contributed by atoms with Gasteiger partial charge in [0.15, 0.2) is 0 Å². The molecular formula is C21H31NO4. The molecule has 1 aliphatic rings. The summed E-state index contributed by atoms with van der Waals surface area (Å²) >= 11 is 0. The minimum absolute atomic E-state index is 0.0304. The van der Waals surface area contributed by atoms with Gasteiger partial charge in [0.2, 0.25) is 5.91 Å². The molecule has 1 aromatic rings. The summed E-state index contributed by atoms with van der Waals surface area (Å²) in [5.41, 5.74) is 2.34. The van der Waals surface area contributed by atoms with E-state index in [1.165, 1.54) is 11.1 Å². The number of nitrogens with one attached hydrogen (secondary N) is 1. The Bertz CT molecular complexity index is 627. The maximum Gasteiger partial charge on any atom is 0.303 e. The molecule has 26 heavy (non-hydrogen) atoms. The van der Waals surface area contributed by atoms with E-state index in [2.05, 4.69) is 50.4 Å². The molecule has 0 bridgehead atoms. The number of ether oxygens (including phenoxy) is 1. The van der Waals surface area contributed by atoms with E-state index in [9.17, 15) is 9.59 Å². The molecule has 1 saturated heterocycles. The molecule has 5 heteroatoms. The Labute approximate surface area is 156 Å². The number of carboxylic acid groups (broad SMARTS) is 1. The fraction of sp³-hybridized carbons (Fsp3) is 0.619. The minimum atomic E-state index is -0.945. The summed E-state index contributed by atoms with van der Waals surface area (Å²) in [4.78, 5) is 22.5. The third-order valence-corrected chi connectivity index (χ3v) is 5.65. The molecule has 1 fully saturated rings. The number of carbonyl (C=O) groups excluding carboxylic acids is 1. The number of hydrogen-bond donors (Lipinski definition) is 2. The molecule has 0 aliphatic carbocycles. The third kappa shape index (κ3) is 5.31. The fourth-order valence-electron chi connectivity index (χ4n) is 3.84. The average molecular weight is 361 g/mol. The first kappa shape index (κ1) is 20.4. The summed E-state index contributed by atoms with van der Waals surface area (Å²) in [5, 5.41) is 11.6. The maximum atomic E-state index is 11.9. The summed E-state index contributed by atoms with van der Waals surface area (Å²) in [6.07, 6.45) is 3.53. The van der Waals surface area contributed by atoms with Crippen molar-refractivity contribution in [1.82, 2.24) is 5.32 Å². The van der Waals surface area contributed by atoms with E-state index in [1.807, 2.05) is 0 Å². The van der Waals surface area contributed by atoms with Gasteiger partial charge in [-0.25, -0.2) is 0 Å². The number of aryl methyl sites for hydroxylation is 1. The van der Waals surface area contributed by atoms with Crippen molar-refractivity contribution in [1.29, 1.82) is 0 Å². The molecule has 0 unspecified atom stereocenters. The quantitative estimate of drug-likeness (QED) is 0.742. The molecule has 2 N–H and O–H groups in total. The molecule has 1 aromatic carbocycles. The summed E-state index contributed by atoms with van der Waals surface area (Å²) < 4.78 is 6.05. The van der Waals surface area contributed by atoms with Gasteiger partial charge in [0, 0.05) is 25.0 Å². The average Bonchev–Trinajstić information content (AvgIpc) is 2.60. The molecule has 0 radical (unpaired) electrons. The van der Waals surface area contributed by atoms with Crippen LogP contribution in [-0.4, -0.2) is 35.7 Å². The Balaban J connectivity index is 2.10. The summed E-state index contributed by atoms with van der Waals surface area (Å²) in [6, 6.07) is 8.68. The molecule has 0 aromatic heterocycles. The summed E-state index contributed by atoms with van der Waals surface area (Å²) in [5.74, 6) is -1.14. The highest BCUT2D eigenvalue weighted by Crippen LogP contribution is 2.45. The zero-order valence-electron chi connectivity index (χ0n) is 16.1. The number of carbonyl (C=O) groups is 2. The van der Waals surface area contributed by atoms with Crippen molar-refractivity contribution in [3.05, 3.63) is 35.4 Å². The number of hydrogen-bond acceptors (Lipinski definition) is 3. The highest BCUT2D eigenvalue weighted by atomic mass is 16.5. The number of benzene rings is 1. The summed E-state index contributed by atoms with van der Waals surface area (Å²) in [7, 11) is 0. The van der Waals surface area contributed by atoms with Gasteiger partial charge in [0.1, 0.15) is 0 Å². The third-order valence-electron chi connectivity index (χ3n) is 5.65. The lowest BCUT2D eigenvalue weighted by Gasteiger charge is -2.47. The van der Waals surface area contributed by atoms with E-state index < -0.39 is 5.97 Å². The highest BCUT2D eigenvalue weighted by molar-refractivity contribution is 5.80. The van der Waals surface area contributed by atoms with E-state index in [1.54, 1.807) is 0 Å². The Kier molecular flexibility index (Phi) is 6.81. The molecule has 5 nitrogen and oxygen atoms in total. The van der Waals surface area contributed by atoms with Gasteiger partial charge in [-0.1, -0.05) is 36.8 Å². The van der Waals surface area contributed by atoms with Crippen LogP contribution in [-0.2, 0) is 19.7 Å². The van der Waals surface area contributed by atoms with Crippen LogP contribution in [0, 0.1) is 6.92 Å². The van der Waals surface area contributed by atoms with Crippen LogP contribution in [0.2, 0.25) is 0 Å². The van der Waals surface area contributed by atoms with Crippen molar-refractivity contribution in [2.45, 2.75) is 70.3 Å². The van der Waals surface area contributed by atoms with Crippen LogP contribution in [0.15, 0.2) is 24.3 Å². The van der Waals surface area contributed by atoms with Gasteiger partial charge in [-0.3, -0.25) is 9.59 Å². The molecule has 144 valence electrons. The van der Waals surface area contributed by atoms with Crippen LogP contribution in [0.3, 0.4) is 0 Å². The fourth-order valence-corrected chi connectivity index (χ4v) is 3.84. The Morgan fingerprint density at radius 3 is 2.54 bits per heavy atom. The van der Waals surface area contributed by atoms with E-state index in [4.69, 9.17) is 9.84 Å². The number of carboxylic acids is 1. The maximum absolute atomic E-state index is 11.9. The minimum Gasteiger partial charge on any atom is -0.481 e. The van der Waals surface area contributed by atoms with Crippen molar-refractivity contribution in [3.8, 4) is 0 Å². The molecule has 2 atom stereocenters. The first-order valence-corrected chi connectivity index (χ1v) is 9.48. The molecule has 0 spiro atoms. The van der Waals surface area contributed by atoms with Crippen molar-refractivity contribution < 1.29 is 19.4 Å². The van der Waals surface area contributed by atoms with Gasteiger partial charge < -0.3 is 15.2 Å². The summed E-state index contributed by atoms with van der Waals surface area (Å²) in [6.45, 7) is 7.66. The van der Waals surface area contributed by atoms with Crippen LogP contribution < -0.4 is 5.32 Å². The van der Waals surface area contributed by atoms with Crippen LogP contribution in [0.4, 0.5) is 0 Å². The lowest BCUT2D eigenvalue weighted by molar-refractivity contribution is -0.138. The van der Waals surface area contributed by atoms with E-state index >= 15 is 0 Å². The van der Waals surface area contributed by atoms with E-state index in [0.717, 1.165) is 25.7 Å². The molecular weight excluding hydrogens is 330 g/mol. The first-order chi connectivity index (χ1) is 12.3. The molecule has 2 rings (SSSR count).